The first-order chi connectivity index (χ1) is 12.0. The van der Waals surface area contributed by atoms with Crippen LogP contribution in [0.3, 0.4) is 0 Å². The molecule has 0 bridgehead atoms. The Balaban J connectivity index is 2.06. The molecule has 0 heterocycles. The number of aromatic carboxylic acids is 1. The van der Waals surface area contributed by atoms with Crippen molar-refractivity contribution < 1.29 is 24.5 Å². The SMILES string of the molecule is CC([O-])=C(N=Nc1ccc(C(=O)O)cc1)C(=O)OCc1ccccc1. The second-order valence-electron chi connectivity index (χ2n) is 5.02. The molecule has 0 fully saturated rings. The van der Waals surface area contributed by atoms with E-state index in [2.05, 4.69) is 10.2 Å². The number of hydrogen-bond donors (Lipinski definition) is 1. The quantitative estimate of drug-likeness (QED) is 0.376. The number of rotatable bonds is 6. The summed E-state index contributed by atoms with van der Waals surface area (Å²) >= 11 is 0. The molecule has 2 aromatic carbocycles. The zero-order valence-electron chi connectivity index (χ0n) is 13.4. The summed E-state index contributed by atoms with van der Waals surface area (Å²) in [6.07, 6.45) is 0. The number of carboxylic acids is 1. The summed E-state index contributed by atoms with van der Waals surface area (Å²) in [5.41, 5.74) is 0.745. The van der Waals surface area contributed by atoms with Gasteiger partial charge in [0.25, 0.3) is 0 Å². The Morgan fingerprint density at radius 3 is 2.28 bits per heavy atom. The van der Waals surface area contributed by atoms with Crippen molar-refractivity contribution >= 4 is 17.6 Å². The topological polar surface area (TPSA) is 111 Å². The summed E-state index contributed by atoms with van der Waals surface area (Å²) in [6.45, 7) is 1.20. The Bertz CT molecular complexity index is 807. The van der Waals surface area contributed by atoms with E-state index in [0.717, 1.165) is 5.56 Å². The van der Waals surface area contributed by atoms with E-state index in [1.807, 2.05) is 6.07 Å². The molecule has 0 saturated heterocycles. The summed E-state index contributed by atoms with van der Waals surface area (Å²) < 4.78 is 5.06. The molecular weight excluding hydrogens is 324 g/mol. The molecule has 25 heavy (non-hydrogen) atoms. The normalized spacial score (nSPS) is 11.9. The number of esters is 1. The number of nitrogens with zero attached hydrogens (tertiary/aromatic N) is 2. The van der Waals surface area contributed by atoms with E-state index in [1.54, 1.807) is 24.3 Å². The average Bonchev–Trinajstić information content (AvgIpc) is 2.61. The van der Waals surface area contributed by atoms with E-state index in [0.29, 0.717) is 5.69 Å². The van der Waals surface area contributed by atoms with E-state index in [-0.39, 0.29) is 12.2 Å². The van der Waals surface area contributed by atoms with Crippen molar-refractivity contribution in [3.8, 4) is 0 Å². The molecule has 0 radical (unpaired) electrons. The number of hydrogen-bond acceptors (Lipinski definition) is 6. The van der Waals surface area contributed by atoms with Crippen LogP contribution in [0, 0.1) is 0 Å². The van der Waals surface area contributed by atoms with E-state index < -0.39 is 23.4 Å². The van der Waals surface area contributed by atoms with Crippen molar-refractivity contribution in [1.82, 2.24) is 0 Å². The van der Waals surface area contributed by atoms with E-state index in [9.17, 15) is 14.7 Å². The van der Waals surface area contributed by atoms with E-state index >= 15 is 0 Å². The second-order valence-corrected chi connectivity index (χ2v) is 5.02. The van der Waals surface area contributed by atoms with Gasteiger partial charge in [-0.15, -0.1) is 5.11 Å². The Kier molecular flexibility index (Phi) is 6.00. The van der Waals surface area contributed by atoms with Crippen LogP contribution in [-0.2, 0) is 16.1 Å². The minimum Gasteiger partial charge on any atom is -0.874 e. The number of carbonyl (C=O) groups is 2. The van der Waals surface area contributed by atoms with Crippen molar-refractivity contribution in [1.29, 1.82) is 0 Å². The molecule has 7 heteroatoms. The molecule has 128 valence electrons. The Labute approximate surface area is 143 Å². The number of azo groups is 1. The molecule has 0 spiro atoms. The van der Waals surface area contributed by atoms with Crippen molar-refractivity contribution in [2.75, 3.05) is 0 Å². The summed E-state index contributed by atoms with van der Waals surface area (Å²) in [5.74, 6) is -2.52. The first-order valence-corrected chi connectivity index (χ1v) is 7.31. The zero-order chi connectivity index (χ0) is 18.2. The van der Waals surface area contributed by atoms with Gasteiger partial charge in [0.05, 0.1) is 11.3 Å². The zero-order valence-corrected chi connectivity index (χ0v) is 13.4. The molecule has 1 N–H and O–H groups in total. The van der Waals surface area contributed by atoms with Gasteiger partial charge in [-0.25, -0.2) is 9.59 Å². The number of carbonyl (C=O) groups excluding carboxylic acids is 1. The largest absolute Gasteiger partial charge is 0.874 e. The fourth-order valence-corrected chi connectivity index (χ4v) is 1.82. The van der Waals surface area contributed by atoms with Crippen molar-refractivity contribution in [2.24, 2.45) is 10.2 Å². The van der Waals surface area contributed by atoms with Gasteiger partial charge in [0.1, 0.15) is 6.61 Å². The predicted octanol–water partition coefficient (Wildman–Crippen LogP) is 2.80. The van der Waals surface area contributed by atoms with Crippen LogP contribution >= 0.6 is 0 Å². The summed E-state index contributed by atoms with van der Waals surface area (Å²) in [7, 11) is 0. The first kappa shape index (κ1) is 17.9. The molecule has 0 aromatic heterocycles. The summed E-state index contributed by atoms with van der Waals surface area (Å²) in [4.78, 5) is 22.8. The number of ether oxygens (including phenoxy) is 1. The van der Waals surface area contributed by atoms with Gasteiger partial charge in [-0.3, -0.25) is 0 Å². The predicted molar refractivity (Wildman–Crippen MR) is 86.9 cm³/mol. The lowest BCUT2D eigenvalue weighted by Crippen LogP contribution is -2.13. The highest BCUT2D eigenvalue weighted by molar-refractivity contribution is 5.88. The third-order valence-electron chi connectivity index (χ3n) is 3.12. The second kappa shape index (κ2) is 8.39. The van der Waals surface area contributed by atoms with Crippen molar-refractivity contribution in [2.45, 2.75) is 13.5 Å². The van der Waals surface area contributed by atoms with Crippen LogP contribution in [0.4, 0.5) is 5.69 Å². The van der Waals surface area contributed by atoms with Gasteiger partial charge in [0, 0.05) is 0 Å². The fourth-order valence-electron chi connectivity index (χ4n) is 1.82. The highest BCUT2D eigenvalue weighted by Crippen LogP contribution is 2.16. The van der Waals surface area contributed by atoms with Crippen LogP contribution in [0.15, 0.2) is 76.3 Å². The molecule has 0 aliphatic rings. The minimum atomic E-state index is -1.07. The molecule has 0 aliphatic heterocycles. The van der Waals surface area contributed by atoms with Gasteiger partial charge < -0.3 is 14.9 Å². The molecule has 0 amide bonds. The van der Waals surface area contributed by atoms with Gasteiger partial charge in [0.15, 0.2) is 5.70 Å². The van der Waals surface area contributed by atoms with E-state index in [1.165, 1.54) is 31.2 Å². The van der Waals surface area contributed by atoms with Crippen molar-refractivity contribution in [3.05, 3.63) is 77.2 Å². The molecule has 0 aliphatic carbocycles. The van der Waals surface area contributed by atoms with Crippen LogP contribution < -0.4 is 5.11 Å². The van der Waals surface area contributed by atoms with Gasteiger partial charge in [-0.05, 0) is 29.8 Å². The summed E-state index contributed by atoms with van der Waals surface area (Å²) in [5, 5.41) is 27.8. The third kappa shape index (κ3) is 5.28. The molecule has 0 saturated carbocycles. The van der Waals surface area contributed by atoms with Gasteiger partial charge >= 0.3 is 11.9 Å². The lowest BCUT2D eigenvalue weighted by molar-refractivity contribution is -0.303. The highest BCUT2D eigenvalue weighted by Gasteiger charge is 2.11. The lowest BCUT2D eigenvalue weighted by atomic mass is 10.2. The molecule has 7 nitrogen and oxygen atoms in total. The number of allylic oxidation sites excluding steroid dienone is 1. The maximum absolute atomic E-state index is 12.0. The van der Waals surface area contributed by atoms with Gasteiger partial charge in [0.2, 0.25) is 0 Å². The monoisotopic (exact) mass is 339 g/mol. The third-order valence-corrected chi connectivity index (χ3v) is 3.12. The molecule has 0 atom stereocenters. The lowest BCUT2D eigenvalue weighted by Gasteiger charge is -2.10. The molecule has 0 unspecified atom stereocenters. The average molecular weight is 339 g/mol. The standard InChI is InChI=1S/C18H16N2O5/c1-12(21)16(18(24)25-11-13-5-3-2-4-6-13)20-19-15-9-7-14(8-10-15)17(22)23/h2-10,21H,11H2,1H3,(H,22,23)/p-1. The fraction of sp³-hybridized carbons (Fsp3) is 0.111. The molecule has 2 aromatic rings. The van der Waals surface area contributed by atoms with Crippen molar-refractivity contribution in [3.63, 3.8) is 0 Å². The Morgan fingerprint density at radius 1 is 1.08 bits per heavy atom. The van der Waals surface area contributed by atoms with Crippen LogP contribution in [0.1, 0.15) is 22.8 Å². The summed E-state index contributed by atoms with van der Waals surface area (Å²) in [6, 6.07) is 14.5. The first-order valence-electron chi connectivity index (χ1n) is 7.31. The smallest absolute Gasteiger partial charge is 0.358 e. The van der Waals surface area contributed by atoms with E-state index in [4.69, 9.17) is 9.84 Å². The maximum Gasteiger partial charge on any atom is 0.358 e. The van der Waals surface area contributed by atoms with Crippen LogP contribution in [0.5, 0.6) is 0 Å². The Hall–Kier alpha value is -3.48. The van der Waals surface area contributed by atoms with Crippen LogP contribution in [0.25, 0.3) is 0 Å². The maximum atomic E-state index is 12.0. The molecule has 2 rings (SSSR count). The minimum absolute atomic E-state index is 0.0132. The molecular formula is C18H15N2O5-. The number of benzene rings is 2. The number of carboxylic acid groups (broad SMARTS) is 1. The Morgan fingerprint density at radius 2 is 1.72 bits per heavy atom. The van der Waals surface area contributed by atoms with Crippen LogP contribution in [0.2, 0.25) is 0 Å². The van der Waals surface area contributed by atoms with Crippen LogP contribution in [-0.4, -0.2) is 17.0 Å². The van der Waals surface area contributed by atoms with Gasteiger partial charge in [-0.1, -0.05) is 43.0 Å². The van der Waals surface area contributed by atoms with Gasteiger partial charge in [-0.2, -0.15) is 5.11 Å². The highest BCUT2D eigenvalue weighted by atomic mass is 16.5.